The first-order valence-corrected chi connectivity index (χ1v) is 10.2. The number of H-pyrrole nitrogens is 1. The van der Waals surface area contributed by atoms with E-state index in [0.29, 0.717) is 22.5 Å². The van der Waals surface area contributed by atoms with E-state index in [1.54, 1.807) is 18.5 Å². The smallest absolute Gasteiger partial charge is 0.203 e. The summed E-state index contributed by atoms with van der Waals surface area (Å²) in [4.78, 5) is 13.7. The van der Waals surface area contributed by atoms with Crippen molar-refractivity contribution in [3.05, 3.63) is 65.6 Å². The minimum Gasteiger partial charge on any atom is -0.354 e. The van der Waals surface area contributed by atoms with Crippen LogP contribution in [0.25, 0.3) is 44.8 Å². The molecule has 0 radical (unpaired) electrons. The zero-order chi connectivity index (χ0) is 21.8. The standard InChI is InChI=1S/C22H14ClF2N7/c23-14-6-12(15(24)7-16(14)25)21-13(9-29-31-21)17-1-2-18-19(30-17)5-11(8-27-18)20-10-28-22-26-3-4-32(20)22/h1-2,5-10H,3-4H2,(H,26,28)(H,29,31). The number of anilines is 1. The molecule has 7 nitrogen and oxygen atoms in total. The maximum absolute atomic E-state index is 14.5. The van der Waals surface area contributed by atoms with Gasteiger partial charge in [0.05, 0.1) is 45.5 Å². The Kier molecular flexibility index (Phi) is 4.19. The van der Waals surface area contributed by atoms with Crippen LogP contribution in [0.2, 0.25) is 5.02 Å². The molecule has 6 rings (SSSR count). The van der Waals surface area contributed by atoms with Gasteiger partial charge in [0.2, 0.25) is 5.95 Å². The summed E-state index contributed by atoms with van der Waals surface area (Å²) < 4.78 is 30.2. The van der Waals surface area contributed by atoms with Crippen LogP contribution in [0.3, 0.4) is 0 Å². The molecule has 0 unspecified atom stereocenters. The molecular weight excluding hydrogens is 436 g/mol. The van der Waals surface area contributed by atoms with Crippen LogP contribution in [0, 0.1) is 11.6 Å². The summed E-state index contributed by atoms with van der Waals surface area (Å²) in [6.45, 7) is 1.67. The number of rotatable bonds is 3. The molecule has 0 amide bonds. The molecule has 1 aliphatic heterocycles. The minimum absolute atomic E-state index is 0.111. The van der Waals surface area contributed by atoms with Crippen molar-refractivity contribution in [1.82, 2.24) is 29.7 Å². The van der Waals surface area contributed by atoms with Crippen LogP contribution in [0.15, 0.2) is 48.9 Å². The lowest BCUT2D eigenvalue weighted by molar-refractivity contribution is 0.585. The van der Waals surface area contributed by atoms with Gasteiger partial charge >= 0.3 is 0 Å². The van der Waals surface area contributed by atoms with Gasteiger partial charge in [-0.05, 0) is 24.3 Å². The van der Waals surface area contributed by atoms with Crippen molar-refractivity contribution in [3.8, 4) is 33.8 Å². The summed E-state index contributed by atoms with van der Waals surface area (Å²) in [5.41, 5.74) is 4.85. The van der Waals surface area contributed by atoms with Crippen LogP contribution >= 0.6 is 11.6 Å². The third-order valence-electron chi connectivity index (χ3n) is 5.50. The molecule has 0 aliphatic carbocycles. The highest BCUT2D eigenvalue weighted by Gasteiger charge is 2.19. The number of imidazole rings is 1. The van der Waals surface area contributed by atoms with Crippen LogP contribution in [0.5, 0.6) is 0 Å². The van der Waals surface area contributed by atoms with Gasteiger partial charge in [-0.1, -0.05) is 11.6 Å². The number of fused-ring (bicyclic) bond motifs is 2. The van der Waals surface area contributed by atoms with E-state index in [1.165, 1.54) is 6.07 Å². The number of aromatic nitrogens is 6. The molecule has 1 aromatic carbocycles. The first-order chi connectivity index (χ1) is 15.6. The Bertz CT molecular complexity index is 1510. The van der Waals surface area contributed by atoms with Crippen LogP contribution in [-0.4, -0.2) is 36.3 Å². The Hall–Kier alpha value is -3.85. The fourth-order valence-corrected chi connectivity index (χ4v) is 4.11. The minimum atomic E-state index is -0.821. The first-order valence-electron chi connectivity index (χ1n) is 9.84. The molecule has 4 aromatic heterocycles. The number of nitrogens with zero attached hydrogens (tertiary/aromatic N) is 5. The van der Waals surface area contributed by atoms with E-state index < -0.39 is 11.6 Å². The predicted octanol–water partition coefficient (Wildman–Crippen LogP) is 4.91. The van der Waals surface area contributed by atoms with Gasteiger partial charge in [-0.15, -0.1) is 0 Å². The second-order valence-corrected chi connectivity index (χ2v) is 7.82. The topological polar surface area (TPSA) is 84.3 Å². The molecule has 10 heteroatoms. The second kappa shape index (κ2) is 7.10. The zero-order valence-corrected chi connectivity index (χ0v) is 17.2. The van der Waals surface area contributed by atoms with E-state index in [0.717, 1.165) is 41.9 Å². The quantitative estimate of drug-likeness (QED) is 0.382. The summed E-state index contributed by atoms with van der Waals surface area (Å²) in [7, 11) is 0. The van der Waals surface area contributed by atoms with Crippen molar-refractivity contribution < 1.29 is 8.78 Å². The molecular formula is C22H14ClF2N7. The first kappa shape index (κ1) is 18.9. The normalized spacial score (nSPS) is 12.8. The molecule has 158 valence electrons. The number of benzene rings is 1. The predicted molar refractivity (Wildman–Crippen MR) is 117 cm³/mol. The van der Waals surface area contributed by atoms with E-state index >= 15 is 0 Å². The van der Waals surface area contributed by atoms with Gasteiger partial charge in [0.1, 0.15) is 11.6 Å². The highest BCUT2D eigenvalue weighted by atomic mass is 35.5. The van der Waals surface area contributed by atoms with Crippen molar-refractivity contribution in [2.24, 2.45) is 0 Å². The van der Waals surface area contributed by atoms with Gasteiger partial charge in [0.25, 0.3) is 0 Å². The van der Waals surface area contributed by atoms with E-state index in [9.17, 15) is 8.78 Å². The molecule has 0 saturated heterocycles. The van der Waals surface area contributed by atoms with E-state index in [-0.39, 0.29) is 10.6 Å². The molecule has 1 aliphatic rings. The molecule has 2 N–H and O–H groups in total. The molecule has 0 fully saturated rings. The monoisotopic (exact) mass is 449 g/mol. The lowest BCUT2D eigenvalue weighted by atomic mass is 10.0. The number of halogens is 3. The van der Waals surface area contributed by atoms with E-state index in [4.69, 9.17) is 16.6 Å². The Balaban J connectivity index is 1.46. The van der Waals surface area contributed by atoms with Gasteiger partial charge in [-0.25, -0.2) is 18.7 Å². The van der Waals surface area contributed by atoms with Gasteiger partial charge in [-0.2, -0.15) is 5.10 Å². The molecule has 32 heavy (non-hydrogen) atoms. The Labute approximate surface area is 185 Å². The molecule has 0 bridgehead atoms. The Morgan fingerprint density at radius 3 is 2.75 bits per heavy atom. The van der Waals surface area contributed by atoms with Crippen molar-refractivity contribution in [3.63, 3.8) is 0 Å². The zero-order valence-electron chi connectivity index (χ0n) is 16.4. The van der Waals surface area contributed by atoms with E-state index in [2.05, 4.69) is 30.0 Å². The molecule has 5 heterocycles. The van der Waals surface area contributed by atoms with Crippen LogP contribution in [-0.2, 0) is 6.54 Å². The SMILES string of the molecule is Fc1cc(F)c(-c2[nH]ncc2-c2ccc3ncc(-c4cnc5n4CCN5)cc3n2)cc1Cl. The largest absolute Gasteiger partial charge is 0.354 e. The van der Waals surface area contributed by atoms with Crippen LogP contribution < -0.4 is 5.32 Å². The molecule has 5 aromatic rings. The van der Waals surface area contributed by atoms with Gasteiger partial charge in [0, 0.05) is 42.0 Å². The van der Waals surface area contributed by atoms with Gasteiger partial charge in [-0.3, -0.25) is 10.1 Å². The maximum atomic E-state index is 14.5. The molecule has 0 atom stereocenters. The maximum Gasteiger partial charge on any atom is 0.203 e. The lowest BCUT2D eigenvalue weighted by Crippen LogP contribution is -1.97. The Morgan fingerprint density at radius 2 is 1.84 bits per heavy atom. The highest BCUT2D eigenvalue weighted by molar-refractivity contribution is 6.31. The summed E-state index contributed by atoms with van der Waals surface area (Å²) in [5.74, 6) is -0.729. The summed E-state index contributed by atoms with van der Waals surface area (Å²) >= 11 is 5.87. The highest BCUT2D eigenvalue weighted by Crippen LogP contribution is 2.34. The molecule has 0 spiro atoms. The summed E-state index contributed by atoms with van der Waals surface area (Å²) in [5, 5.41) is 9.87. The van der Waals surface area contributed by atoms with Gasteiger partial charge < -0.3 is 9.88 Å². The number of pyridine rings is 2. The summed E-state index contributed by atoms with van der Waals surface area (Å²) in [6.07, 6.45) is 5.15. The third kappa shape index (κ3) is 2.93. The number of hydrogen-bond acceptors (Lipinski definition) is 5. The third-order valence-corrected chi connectivity index (χ3v) is 5.79. The summed E-state index contributed by atoms with van der Waals surface area (Å²) in [6, 6.07) is 7.56. The van der Waals surface area contributed by atoms with E-state index in [1.807, 2.05) is 18.3 Å². The number of hydrogen-bond donors (Lipinski definition) is 2. The average Bonchev–Trinajstić information content (AvgIpc) is 3.52. The fraction of sp³-hybridized carbons (Fsp3) is 0.0909. The lowest BCUT2D eigenvalue weighted by Gasteiger charge is -2.08. The van der Waals surface area contributed by atoms with Crippen LogP contribution in [0.1, 0.15) is 0 Å². The van der Waals surface area contributed by atoms with Crippen molar-refractivity contribution in [2.75, 3.05) is 11.9 Å². The Morgan fingerprint density at radius 1 is 0.938 bits per heavy atom. The fourth-order valence-electron chi connectivity index (χ4n) is 3.95. The molecule has 0 saturated carbocycles. The average molecular weight is 450 g/mol. The van der Waals surface area contributed by atoms with Gasteiger partial charge in [0.15, 0.2) is 0 Å². The van der Waals surface area contributed by atoms with Crippen molar-refractivity contribution in [1.29, 1.82) is 0 Å². The number of aromatic amines is 1. The van der Waals surface area contributed by atoms with Crippen molar-refractivity contribution >= 4 is 28.6 Å². The second-order valence-electron chi connectivity index (χ2n) is 7.41. The van der Waals surface area contributed by atoms with Crippen LogP contribution in [0.4, 0.5) is 14.7 Å². The number of nitrogens with one attached hydrogen (secondary N) is 2. The van der Waals surface area contributed by atoms with Crippen molar-refractivity contribution in [2.45, 2.75) is 6.54 Å².